The van der Waals surface area contributed by atoms with Gasteiger partial charge in [0.15, 0.2) is 0 Å². The molecule has 4 aromatic rings. The molecular formula is C42H54N10O5. The maximum atomic E-state index is 13.8. The number of hydrogen-bond acceptors (Lipinski definition) is 10. The lowest BCUT2D eigenvalue weighted by atomic mass is 9.81. The molecule has 1 aliphatic carbocycles. The second-order valence-electron chi connectivity index (χ2n) is 16.2. The Morgan fingerprint density at radius 2 is 1.58 bits per heavy atom. The van der Waals surface area contributed by atoms with Gasteiger partial charge in [0, 0.05) is 47.4 Å². The van der Waals surface area contributed by atoms with Gasteiger partial charge in [0.25, 0.3) is 5.91 Å². The van der Waals surface area contributed by atoms with Crippen molar-refractivity contribution in [3.05, 3.63) is 77.6 Å². The van der Waals surface area contributed by atoms with Gasteiger partial charge >= 0.3 is 6.09 Å². The summed E-state index contributed by atoms with van der Waals surface area (Å²) in [5.74, 6) is -0.242. The Morgan fingerprint density at radius 3 is 2.21 bits per heavy atom. The number of pyridine rings is 1. The average molecular weight is 779 g/mol. The van der Waals surface area contributed by atoms with E-state index < -0.39 is 17.7 Å². The number of benzene rings is 2. The van der Waals surface area contributed by atoms with Crippen molar-refractivity contribution in [3.8, 4) is 22.5 Å². The Hall–Kier alpha value is -5.70. The number of aromatic nitrogens is 5. The van der Waals surface area contributed by atoms with Crippen LogP contribution in [0.15, 0.2) is 60.7 Å². The molecule has 2 aliphatic rings. The van der Waals surface area contributed by atoms with E-state index in [1.807, 2.05) is 58.0 Å². The highest BCUT2D eigenvalue weighted by Crippen LogP contribution is 2.29. The molecule has 302 valence electrons. The van der Waals surface area contributed by atoms with Crippen LogP contribution in [0.5, 0.6) is 0 Å². The highest BCUT2D eigenvalue weighted by atomic mass is 16.6. The lowest BCUT2D eigenvalue weighted by Gasteiger charge is -2.29. The van der Waals surface area contributed by atoms with Crippen LogP contribution in [0, 0.1) is 18.8 Å². The first kappa shape index (κ1) is 40.9. The molecule has 2 aromatic carbocycles. The smallest absolute Gasteiger partial charge is 0.407 e. The van der Waals surface area contributed by atoms with Crippen molar-refractivity contribution in [1.29, 1.82) is 0 Å². The lowest BCUT2D eigenvalue weighted by Crippen LogP contribution is -2.48. The van der Waals surface area contributed by atoms with Crippen LogP contribution in [0.25, 0.3) is 22.5 Å². The summed E-state index contributed by atoms with van der Waals surface area (Å²) in [6.07, 6.45) is 4.52. The molecule has 3 heterocycles. The van der Waals surface area contributed by atoms with E-state index in [2.05, 4.69) is 58.8 Å². The number of rotatable bonds is 12. The summed E-state index contributed by atoms with van der Waals surface area (Å²) in [4.78, 5) is 59.6. The predicted molar refractivity (Wildman–Crippen MR) is 216 cm³/mol. The monoisotopic (exact) mass is 778 g/mol. The molecule has 0 spiro atoms. The number of aromatic amines is 1. The molecular weight excluding hydrogens is 725 g/mol. The number of aryl methyl sites for hydroxylation is 1. The fraction of sp³-hybridized carbons (Fsp3) is 0.476. The van der Waals surface area contributed by atoms with Gasteiger partial charge in [0.2, 0.25) is 17.6 Å². The molecule has 0 bridgehead atoms. The third-order valence-corrected chi connectivity index (χ3v) is 10.6. The van der Waals surface area contributed by atoms with Crippen molar-refractivity contribution in [1.82, 2.24) is 46.5 Å². The van der Waals surface area contributed by atoms with Crippen molar-refractivity contribution in [2.75, 3.05) is 32.0 Å². The van der Waals surface area contributed by atoms with E-state index in [1.165, 1.54) is 0 Å². The molecule has 4 amide bonds. The van der Waals surface area contributed by atoms with E-state index in [9.17, 15) is 19.2 Å². The molecule has 15 heteroatoms. The van der Waals surface area contributed by atoms with Crippen LogP contribution in [-0.4, -0.2) is 98.7 Å². The molecule has 1 atom stereocenters. The minimum Gasteiger partial charge on any atom is -0.444 e. The molecule has 0 radical (unpaired) electrons. The molecule has 2 fully saturated rings. The first-order valence-electron chi connectivity index (χ1n) is 19.8. The van der Waals surface area contributed by atoms with Crippen LogP contribution in [0.2, 0.25) is 0 Å². The van der Waals surface area contributed by atoms with Crippen LogP contribution in [0.4, 0.5) is 10.5 Å². The molecule has 1 unspecified atom stereocenters. The van der Waals surface area contributed by atoms with E-state index in [1.54, 1.807) is 30.3 Å². The van der Waals surface area contributed by atoms with Gasteiger partial charge in [-0.3, -0.25) is 14.4 Å². The topological polar surface area (TPSA) is 196 Å². The number of amides is 4. The lowest BCUT2D eigenvalue weighted by molar-refractivity contribution is -0.130. The maximum Gasteiger partial charge on any atom is 0.407 e. The molecule has 57 heavy (non-hydrogen) atoms. The van der Waals surface area contributed by atoms with E-state index in [4.69, 9.17) is 4.74 Å². The van der Waals surface area contributed by atoms with Crippen LogP contribution in [-0.2, 0) is 20.7 Å². The summed E-state index contributed by atoms with van der Waals surface area (Å²) < 4.78 is 5.36. The minimum atomic E-state index is -0.849. The standard InChI is InChI=1S/C42H54N10O5/c1-26-34(18-19-35(44-26)39(54)46-33-20-22-52(5)23-21-33)29-10-6-27(7-11-29)24-36(40(55)45-32-16-14-30(15-17-32)37-48-50-51-49-37)47-38(53)31-12-8-28(9-13-31)25-43-41(56)57-42(2,3)4/h6-7,10-11,14-19,28,31,33,36H,8-9,12-13,20-25H2,1-5H3,(H,43,56)(H,45,55)(H,46,54)(H,47,53)(H,48,49,50,51). The largest absolute Gasteiger partial charge is 0.444 e. The number of nitrogens with one attached hydrogen (secondary N) is 5. The number of nitrogens with zero attached hydrogens (tertiary/aromatic N) is 5. The molecule has 2 aromatic heterocycles. The number of ether oxygens (including phenoxy) is 1. The fourth-order valence-electron chi connectivity index (χ4n) is 7.35. The summed E-state index contributed by atoms with van der Waals surface area (Å²) in [5, 5.41) is 26.0. The molecule has 5 N–H and O–H groups in total. The molecule has 1 aliphatic heterocycles. The summed E-state index contributed by atoms with van der Waals surface area (Å²) in [7, 11) is 2.09. The zero-order valence-electron chi connectivity index (χ0n) is 33.4. The number of alkyl carbamates (subject to hydrolysis) is 1. The number of piperidine rings is 1. The third-order valence-electron chi connectivity index (χ3n) is 10.6. The van der Waals surface area contributed by atoms with Crippen LogP contribution in [0.3, 0.4) is 0 Å². The van der Waals surface area contributed by atoms with Gasteiger partial charge in [0.05, 0.1) is 0 Å². The van der Waals surface area contributed by atoms with E-state index in [-0.39, 0.29) is 42.0 Å². The van der Waals surface area contributed by atoms with Crippen LogP contribution >= 0.6 is 0 Å². The number of H-pyrrole nitrogens is 1. The quantitative estimate of drug-likeness (QED) is 0.130. The minimum absolute atomic E-state index is 0.150. The number of hydrogen-bond donors (Lipinski definition) is 5. The Kier molecular flexibility index (Phi) is 13.3. The first-order valence-corrected chi connectivity index (χ1v) is 19.8. The second kappa shape index (κ2) is 18.5. The summed E-state index contributed by atoms with van der Waals surface area (Å²) in [6.45, 7) is 9.78. The molecule has 15 nitrogen and oxygen atoms in total. The summed E-state index contributed by atoms with van der Waals surface area (Å²) in [6, 6.07) is 17.9. The van der Waals surface area contributed by atoms with E-state index >= 15 is 0 Å². The van der Waals surface area contributed by atoms with Gasteiger partial charge in [-0.1, -0.05) is 30.3 Å². The number of anilines is 1. The second-order valence-corrected chi connectivity index (χ2v) is 16.2. The van der Waals surface area contributed by atoms with Crippen molar-refractivity contribution >= 4 is 29.5 Å². The SMILES string of the molecule is Cc1nc(C(=O)NC2CCN(C)CC2)ccc1-c1ccc(CC(NC(=O)C2CCC(CNC(=O)OC(C)(C)C)CC2)C(=O)Nc2ccc(-c3nn[nH]n3)cc2)cc1. The zero-order valence-corrected chi connectivity index (χ0v) is 33.4. The average Bonchev–Trinajstić information content (AvgIpc) is 3.73. The maximum absolute atomic E-state index is 13.8. The van der Waals surface area contributed by atoms with Crippen LogP contribution < -0.4 is 21.3 Å². The number of carbonyl (C=O) groups is 4. The molecule has 1 saturated carbocycles. The highest BCUT2D eigenvalue weighted by molar-refractivity contribution is 5.98. The van der Waals surface area contributed by atoms with Gasteiger partial charge in [-0.05, 0) is 139 Å². The zero-order chi connectivity index (χ0) is 40.5. The van der Waals surface area contributed by atoms with Crippen molar-refractivity contribution in [2.24, 2.45) is 11.8 Å². The number of carbonyl (C=O) groups excluding carboxylic acids is 4. The molecule has 1 saturated heterocycles. The van der Waals surface area contributed by atoms with Gasteiger partial charge < -0.3 is 30.9 Å². The van der Waals surface area contributed by atoms with Gasteiger partial charge in [0.1, 0.15) is 17.3 Å². The Balaban J connectivity index is 1.10. The van der Waals surface area contributed by atoms with Gasteiger partial charge in [-0.15, -0.1) is 10.2 Å². The molecule has 6 rings (SSSR count). The van der Waals surface area contributed by atoms with Crippen molar-refractivity contribution in [2.45, 2.75) is 90.3 Å². The van der Waals surface area contributed by atoms with Gasteiger partial charge in [-0.25, -0.2) is 9.78 Å². The van der Waals surface area contributed by atoms with Crippen LogP contribution in [0.1, 0.15) is 81.0 Å². The highest BCUT2D eigenvalue weighted by Gasteiger charge is 2.30. The Labute approximate surface area is 333 Å². The summed E-state index contributed by atoms with van der Waals surface area (Å²) >= 11 is 0. The Bertz CT molecular complexity index is 1980. The summed E-state index contributed by atoms with van der Waals surface area (Å²) in [5.41, 5.74) is 4.56. The van der Waals surface area contributed by atoms with Crippen molar-refractivity contribution < 1.29 is 23.9 Å². The van der Waals surface area contributed by atoms with Gasteiger partial charge in [-0.2, -0.15) is 5.21 Å². The van der Waals surface area contributed by atoms with E-state index in [0.29, 0.717) is 36.6 Å². The number of likely N-dealkylation sites (tertiary alicyclic amines) is 1. The fourth-order valence-corrected chi connectivity index (χ4v) is 7.35. The predicted octanol–water partition coefficient (Wildman–Crippen LogP) is 5.06. The normalized spacial score (nSPS) is 18.3. The van der Waals surface area contributed by atoms with Crippen molar-refractivity contribution in [3.63, 3.8) is 0 Å². The third kappa shape index (κ3) is 11.7. The number of tetrazole rings is 1. The first-order chi connectivity index (χ1) is 27.3. The van der Waals surface area contributed by atoms with E-state index in [0.717, 1.165) is 66.7 Å². The Morgan fingerprint density at radius 1 is 0.895 bits per heavy atom.